The molecular formula is C19H29N5O6. The van der Waals surface area contributed by atoms with Gasteiger partial charge in [-0.15, -0.1) is 0 Å². The largest absolute Gasteiger partial charge is 0.508 e. The number of amides is 3. The van der Waals surface area contributed by atoms with Crippen LogP contribution in [0.2, 0.25) is 0 Å². The maximum absolute atomic E-state index is 12.5. The number of hydrogen-bond acceptors (Lipinski definition) is 7. The summed E-state index contributed by atoms with van der Waals surface area (Å²) < 4.78 is 0. The number of hydrogen-bond donors (Lipinski definition) is 7. The highest BCUT2D eigenvalue weighted by Crippen LogP contribution is 2.11. The average molecular weight is 423 g/mol. The molecule has 0 saturated carbocycles. The number of carboxylic acids is 1. The number of primary amides is 1. The molecule has 0 aliphatic rings. The lowest BCUT2D eigenvalue weighted by Gasteiger charge is -2.22. The molecule has 0 saturated heterocycles. The number of aliphatic carboxylic acids is 1. The first kappa shape index (κ1) is 24.9. The van der Waals surface area contributed by atoms with Crippen molar-refractivity contribution in [2.75, 3.05) is 6.54 Å². The summed E-state index contributed by atoms with van der Waals surface area (Å²) in [5.74, 6) is -3.58. The van der Waals surface area contributed by atoms with E-state index in [1.807, 2.05) is 0 Å². The molecule has 1 rings (SSSR count). The zero-order valence-corrected chi connectivity index (χ0v) is 16.5. The van der Waals surface area contributed by atoms with Gasteiger partial charge < -0.3 is 38.0 Å². The Hall–Kier alpha value is -3.18. The number of carboxylic acid groups (broad SMARTS) is 1. The molecule has 3 amide bonds. The fourth-order valence-corrected chi connectivity index (χ4v) is 2.69. The zero-order valence-electron chi connectivity index (χ0n) is 16.5. The van der Waals surface area contributed by atoms with Crippen LogP contribution in [0, 0.1) is 0 Å². The normalized spacial score (nSPS) is 13.7. The highest BCUT2D eigenvalue weighted by molar-refractivity contribution is 5.94. The molecule has 0 aromatic heterocycles. The molecule has 166 valence electrons. The van der Waals surface area contributed by atoms with Gasteiger partial charge in [-0.05, 0) is 49.9 Å². The second kappa shape index (κ2) is 12.4. The van der Waals surface area contributed by atoms with E-state index < -0.39 is 48.2 Å². The van der Waals surface area contributed by atoms with Crippen molar-refractivity contribution in [3.63, 3.8) is 0 Å². The second-order valence-corrected chi connectivity index (χ2v) is 6.89. The van der Waals surface area contributed by atoms with E-state index in [9.17, 15) is 29.4 Å². The number of phenols is 1. The molecule has 0 fully saturated rings. The van der Waals surface area contributed by atoms with Crippen LogP contribution in [-0.2, 0) is 25.6 Å². The minimum atomic E-state index is -1.36. The Morgan fingerprint density at radius 3 is 2.10 bits per heavy atom. The molecule has 0 unspecified atom stereocenters. The summed E-state index contributed by atoms with van der Waals surface area (Å²) >= 11 is 0. The summed E-state index contributed by atoms with van der Waals surface area (Å²) in [6.07, 6.45) is 0.827. The molecule has 1 aromatic carbocycles. The van der Waals surface area contributed by atoms with Crippen LogP contribution in [0.3, 0.4) is 0 Å². The second-order valence-electron chi connectivity index (χ2n) is 6.89. The Bertz CT molecular complexity index is 739. The third kappa shape index (κ3) is 8.88. The predicted molar refractivity (Wildman–Crippen MR) is 108 cm³/mol. The minimum absolute atomic E-state index is 0.0643. The van der Waals surface area contributed by atoms with Gasteiger partial charge in [-0.1, -0.05) is 12.1 Å². The number of benzene rings is 1. The van der Waals surface area contributed by atoms with Gasteiger partial charge in [0.05, 0.1) is 12.5 Å². The van der Waals surface area contributed by atoms with Gasteiger partial charge in [-0.2, -0.15) is 0 Å². The summed E-state index contributed by atoms with van der Waals surface area (Å²) in [4.78, 5) is 47.6. The smallest absolute Gasteiger partial charge is 0.326 e. The minimum Gasteiger partial charge on any atom is -0.508 e. The average Bonchev–Trinajstić information content (AvgIpc) is 2.67. The third-order valence-corrected chi connectivity index (χ3v) is 4.33. The molecule has 0 bridgehead atoms. The van der Waals surface area contributed by atoms with Gasteiger partial charge in [0.25, 0.3) is 0 Å². The van der Waals surface area contributed by atoms with Crippen molar-refractivity contribution >= 4 is 23.7 Å². The number of aromatic hydroxyl groups is 1. The first-order valence-corrected chi connectivity index (χ1v) is 9.49. The molecule has 11 nitrogen and oxygen atoms in total. The first-order chi connectivity index (χ1) is 14.1. The van der Waals surface area contributed by atoms with Crippen LogP contribution in [0.5, 0.6) is 5.75 Å². The van der Waals surface area contributed by atoms with Crippen molar-refractivity contribution in [1.82, 2.24) is 10.6 Å². The van der Waals surface area contributed by atoms with Crippen molar-refractivity contribution in [3.8, 4) is 5.75 Å². The highest BCUT2D eigenvalue weighted by atomic mass is 16.4. The number of rotatable bonds is 13. The highest BCUT2D eigenvalue weighted by Gasteiger charge is 2.29. The summed E-state index contributed by atoms with van der Waals surface area (Å²) in [5, 5.41) is 23.2. The van der Waals surface area contributed by atoms with Gasteiger partial charge in [0, 0.05) is 0 Å². The van der Waals surface area contributed by atoms with Gasteiger partial charge in [0.15, 0.2) is 0 Å². The van der Waals surface area contributed by atoms with Gasteiger partial charge >= 0.3 is 5.97 Å². The van der Waals surface area contributed by atoms with E-state index in [0.717, 1.165) is 0 Å². The summed E-state index contributed by atoms with van der Waals surface area (Å²) in [6.45, 7) is 0.388. The number of unbranched alkanes of at least 4 members (excludes halogenated alkanes) is 1. The van der Waals surface area contributed by atoms with E-state index in [4.69, 9.17) is 17.2 Å². The van der Waals surface area contributed by atoms with Crippen LogP contribution in [0.4, 0.5) is 0 Å². The predicted octanol–water partition coefficient (Wildman–Crippen LogP) is -1.68. The Labute approximate surface area is 174 Å². The molecule has 3 atom stereocenters. The lowest BCUT2D eigenvalue weighted by molar-refractivity contribution is -0.142. The van der Waals surface area contributed by atoms with Crippen molar-refractivity contribution in [1.29, 1.82) is 0 Å². The molecule has 0 aliphatic heterocycles. The van der Waals surface area contributed by atoms with Crippen molar-refractivity contribution in [2.24, 2.45) is 17.2 Å². The quantitative estimate of drug-likeness (QED) is 0.182. The van der Waals surface area contributed by atoms with E-state index in [2.05, 4.69) is 10.6 Å². The number of carbonyl (C=O) groups is 4. The van der Waals surface area contributed by atoms with Crippen molar-refractivity contribution in [3.05, 3.63) is 29.8 Å². The van der Waals surface area contributed by atoms with E-state index >= 15 is 0 Å². The van der Waals surface area contributed by atoms with E-state index in [1.165, 1.54) is 12.1 Å². The molecule has 0 heterocycles. The molecule has 11 heteroatoms. The Morgan fingerprint density at radius 2 is 1.57 bits per heavy atom. The maximum atomic E-state index is 12.5. The zero-order chi connectivity index (χ0) is 22.7. The summed E-state index contributed by atoms with van der Waals surface area (Å²) in [5.41, 5.74) is 17.1. The fourth-order valence-electron chi connectivity index (χ4n) is 2.69. The summed E-state index contributed by atoms with van der Waals surface area (Å²) in [6, 6.07) is 2.47. The topological polar surface area (TPSA) is 211 Å². The van der Waals surface area contributed by atoms with Crippen molar-refractivity contribution in [2.45, 2.75) is 50.2 Å². The van der Waals surface area contributed by atoms with Crippen LogP contribution in [-0.4, -0.2) is 58.6 Å². The third-order valence-electron chi connectivity index (χ3n) is 4.33. The van der Waals surface area contributed by atoms with Gasteiger partial charge in [-0.25, -0.2) is 4.79 Å². The molecular weight excluding hydrogens is 394 g/mol. The van der Waals surface area contributed by atoms with Crippen LogP contribution in [0.1, 0.15) is 31.2 Å². The van der Waals surface area contributed by atoms with Crippen LogP contribution in [0.25, 0.3) is 0 Å². The molecule has 30 heavy (non-hydrogen) atoms. The standard InChI is InChI=1S/C19H29N5O6/c20-8-2-1-3-14(19(29)30)23-18(28)15(10-16(22)26)24-17(27)13(21)9-11-4-6-12(25)7-5-11/h4-7,13-15,25H,1-3,8-10,20-21H2,(H2,22,26)(H,23,28)(H,24,27)(H,29,30)/t13-,14-,15-/m0/s1. The number of nitrogens with two attached hydrogens (primary N) is 3. The van der Waals surface area contributed by atoms with E-state index in [1.54, 1.807) is 12.1 Å². The number of phenolic OH excluding ortho intramolecular Hbond substituents is 1. The van der Waals surface area contributed by atoms with E-state index in [-0.39, 0.29) is 18.6 Å². The Kier molecular flexibility index (Phi) is 10.3. The van der Waals surface area contributed by atoms with Crippen LogP contribution in [0.15, 0.2) is 24.3 Å². The Balaban J connectivity index is 2.77. The molecule has 0 radical (unpaired) electrons. The molecule has 0 spiro atoms. The maximum Gasteiger partial charge on any atom is 0.326 e. The summed E-state index contributed by atoms with van der Waals surface area (Å²) in [7, 11) is 0. The van der Waals surface area contributed by atoms with Gasteiger partial charge in [0.1, 0.15) is 17.8 Å². The van der Waals surface area contributed by atoms with Gasteiger partial charge in [-0.3, -0.25) is 14.4 Å². The van der Waals surface area contributed by atoms with Gasteiger partial charge in [0.2, 0.25) is 17.7 Å². The number of nitrogens with one attached hydrogen (secondary N) is 2. The molecule has 0 aliphatic carbocycles. The lowest BCUT2D eigenvalue weighted by atomic mass is 10.0. The monoisotopic (exact) mass is 423 g/mol. The van der Waals surface area contributed by atoms with Crippen LogP contribution < -0.4 is 27.8 Å². The molecule has 10 N–H and O–H groups in total. The fraction of sp³-hybridized carbons (Fsp3) is 0.474. The molecule has 1 aromatic rings. The lowest BCUT2D eigenvalue weighted by Crippen LogP contribution is -2.55. The number of carbonyl (C=O) groups excluding carboxylic acids is 3. The van der Waals surface area contributed by atoms with E-state index in [0.29, 0.717) is 24.9 Å². The van der Waals surface area contributed by atoms with Crippen molar-refractivity contribution < 1.29 is 29.4 Å². The van der Waals surface area contributed by atoms with Crippen LogP contribution >= 0.6 is 0 Å². The SMILES string of the molecule is NCCCC[C@H](NC(=O)[C@H](CC(N)=O)NC(=O)[C@@H](N)Cc1ccc(O)cc1)C(=O)O. The Morgan fingerprint density at radius 1 is 0.967 bits per heavy atom. The first-order valence-electron chi connectivity index (χ1n) is 9.49.